The zero-order valence-electron chi connectivity index (χ0n) is 13.6. The Morgan fingerprint density at radius 1 is 1.29 bits per heavy atom. The SMILES string of the molecule is Cc1cc(-c2ccc3nc(CC(C)C(N)=O)[nH]c3c2)ccc1C#N. The number of carbonyl (C=O) groups is 1. The molecule has 1 atom stereocenters. The van der Waals surface area contributed by atoms with Crippen molar-refractivity contribution in [3.8, 4) is 17.2 Å². The maximum absolute atomic E-state index is 11.2. The number of aryl methyl sites for hydroxylation is 1. The minimum Gasteiger partial charge on any atom is -0.369 e. The molecule has 3 aromatic rings. The van der Waals surface area contributed by atoms with Crippen LogP contribution in [0.15, 0.2) is 36.4 Å². The summed E-state index contributed by atoms with van der Waals surface area (Å²) in [5, 5.41) is 9.04. The lowest BCUT2D eigenvalue weighted by atomic mass is 10.00. The minimum absolute atomic E-state index is 0.258. The van der Waals surface area contributed by atoms with Gasteiger partial charge in [-0.05, 0) is 41.8 Å². The molecule has 5 heteroatoms. The molecule has 0 aliphatic rings. The molecule has 0 fully saturated rings. The molecule has 24 heavy (non-hydrogen) atoms. The van der Waals surface area contributed by atoms with Gasteiger partial charge in [-0.2, -0.15) is 5.26 Å². The fourth-order valence-corrected chi connectivity index (χ4v) is 2.70. The van der Waals surface area contributed by atoms with Crippen molar-refractivity contribution in [3.63, 3.8) is 0 Å². The first-order chi connectivity index (χ1) is 11.5. The van der Waals surface area contributed by atoms with Crippen LogP contribution in [0.4, 0.5) is 0 Å². The molecular weight excluding hydrogens is 300 g/mol. The summed E-state index contributed by atoms with van der Waals surface area (Å²) in [7, 11) is 0. The van der Waals surface area contributed by atoms with Gasteiger partial charge in [-0.25, -0.2) is 4.98 Å². The van der Waals surface area contributed by atoms with Gasteiger partial charge in [0.1, 0.15) is 5.82 Å². The summed E-state index contributed by atoms with van der Waals surface area (Å²) in [6.07, 6.45) is 0.495. The van der Waals surface area contributed by atoms with E-state index in [4.69, 9.17) is 11.0 Å². The second-order valence-corrected chi connectivity index (χ2v) is 6.06. The monoisotopic (exact) mass is 318 g/mol. The van der Waals surface area contributed by atoms with Crippen molar-refractivity contribution in [2.75, 3.05) is 0 Å². The number of nitrogens with two attached hydrogens (primary N) is 1. The van der Waals surface area contributed by atoms with Crippen molar-refractivity contribution in [1.82, 2.24) is 9.97 Å². The summed E-state index contributed by atoms with van der Waals surface area (Å²) >= 11 is 0. The largest absolute Gasteiger partial charge is 0.369 e. The number of carbonyl (C=O) groups excluding carboxylic acids is 1. The number of imidazole rings is 1. The Bertz CT molecular complexity index is 965. The van der Waals surface area contributed by atoms with E-state index in [9.17, 15) is 4.79 Å². The Labute approximate surface area is 140 Å². The van der Waals surface area contributed by atoms with Gasteiger partial charge in [0.2, 0.25) is 5.91 Å². The van der Waals surface area contributed by atoms with E-state index in [0.29, 0.717) is 12.0 Å². The summed E-state index contributed by atoms with van der Waals surface area (Å²) < 4.78 is 0. The van der Waals surface area contributed by atoms with Crippen molar-refractivity contribution in [1.29, 1.82) is 5.26 Å². The van der Waals surface area contributed by atoms with Crippen LogP contribution in [0.1, 0.15) is 23.9 Å². The van der Waals surface area contributed by atoms with Crippen LogP contribution in [-0.4, -0.2) is 15.9 Å². The average molecular weight is 318 g/mol. The molecule has 3 N–H and O–H groups in total. The Kier molecular flexibility index (Phi) is 4.05. The molecule has 1 aromatic heterocycles. The van der Waals surface area contributed by atoms with Crippen molar-refractivity contribution >= 4 is 16.9 Å². The Morgan fingerprint density at radius 3 is 2.67 bits per heavy atom. The molecule has 120 valence electrons. The third-order valence-corrected chi connectivity index (χ3v) is 4.20. The van der Waals surface area contributed by atoms with Crippen LogP contribution in [0.2, 0.25) is 0 Å². The first-order valence-corrected chi connectivity index (χ1v) is 7.77. The van der Waals surface area contributed by atoms with E-state index in [1.165, 1.54) is 0 Å². The number of H-pyrrole nitrogens is 1. The van der Waals surface area contributed by atoms with Gasteiger partial charge >= 0.3 is 0 Å². The highest BCUT2D eigenvalue weighted by molar-refractivity contribution is 5.82. The van der Waals surface area contributed by atoms with Crippen LogP contribution in [0.25, 0.3) is 22.2 Å². The quantitative estimate of drug-likeness (QED) is 0.773. The maximum atomic E-state index is 11.2. The van der Waals surface area contributed by atoms with Gasteiger partial charge in [-0.15, -0.1) is 0 Å². The Hall–Kier alpha value is -3.13. The highest BCUT2D eigenvalue weighted by Crippen LogP contribution is 2.25. The molecule has 0 saturated heterocycles. The number of hydrogen-bond acceptors (Lipinski definition) is 3. The zero-order chi connectivity index (χ0) is 17.3. The molecule has 0 aliphatic heterocycles. The van der Waals surface area contributed by atoms with E-state index in [-0.39, 0.29) is 11.8 Å². The standard InChI is InChI=1S/C19H18N4O/c1-11-7-13(3-4-15(11)10-20)14-5-6-16-17(9-14)23-18(22-16)8-12(2)19(21)24/h3-7,9,12H,8H2,1-2H3,(H2,21,24)(H,22,23). The van der Waals surface area contributed by atoms with Crippen LogP contribution in [-0.2, 0) is 11.2 Å². The number of nitrogens with one attached hydrogen (secondary N) is 1. The van der Waals surface area contributed by atoms with Crippen LogP contribution in [0.3, 0.4) is 0 Å². The van der Waals surface area contributed by atoms with E-state index in [1.54, 1.807) is 6.92 Å². The predicted octanol–water partition coefficient (Wildman–Crippen LogP) is 3.07. The van der Waals surface area contributed by atoms with Crippen LogP contribution in [0.5, 0.6) is 0 Å². The van der Waals surface area contributed by atoms with Crippen LogP contribution in [0, 0.1) is 24.2 Å². The number of hydrogen-bond donors (Lipinski definition) is 2. The highest BCUT2D eigenvalue weighted by Gasteiger charge is 2.13. The average Bonchev–Trinajstić information content (AvgIpc) is 2.95. The minimum atomic E-state index is -0.329. The lowest BCUT2D eigenvalue weighted by Crippen LogP contribution is -2.22. The lowest BCUT2D eigenvalue weighted by Gasteiger charge is -2.04. The highest BCUT2D eigenvalue weighted by atomic mass is 16.1. The summed E-state index contributed by atoms with van der Waals surface area (Å²) in [4.78, 5) is 19.0. The third-order valence-electron chi connectivity index (χ3n) is 4.20. The first-order valence-electron chi connectivity index (χ1n) is 7.77. The molecule has 1 heterocycles. The topological polar surface area (TPSA) is 95.6 Å². The number of benzene rings is 2. The van der Waals surface area contributed by atoms with Gasteiger partial charge in [0.25, 0.3) is 0 Å². The van der Waals surface area contributed by atoms with E-state index in [0.717, 1.165) is 33.5 Å². The summed E-state index contributed by atoms with van der Waals surface area (Å²) in [5.41, 5.74) is 10.8. The zero-order valence-corrected chi connectivity index (χ0v) is 13.6. The number of primary amides is 1. The summed E-state index contributed by atoms with van der Waals surface area (Å²) in [6, 6.07) is 14.0. The van der Waals surface area contributed by atoms with E-state index >= 15 is 0 Å². The number of nitriles is 1. The number of aromatic amines is 1. The van der Waals surface area contributed by atoms with Crippen LogP contribution >= 0.6 is 0 Å². The number of nitrogens with zero attached hydrogens (tertiary/aromatic N) is 2. The molecule has 0 bridgehead atoms. The molecule has 5 nitrogen and oxygen atoms in total. The van der Waals surface area contributed by atoms with Gasteiger partial charge in [0, 0.05) is 12.3 Å². The molecule has 0 aliphatic carbocycles. The predicted molar refractivity (Wildman–Crippen MR) is 93.0 cm³/mol. The molecule has 2 aromatic carbocycles. The summed E-state index contributed by atoms with van der Waals surface area (Å²) in [5.74, 6) is 0.167. The lowest BCUT2D eigenvalue weighted by molar-refractivity contribution is -0.121. The Morgan fingerprint density at radius 2 is 2.00 bits per heavy atom. The van der Waals surface area contributed by atoms with E-state index < -0.39 is 0 Å². The molecule has 3 rings (SSSR count). The number of rotatable bonds is 4. The molecule has 1 amide bonds. The summed E-state index contributed by atoms with van der Waals surface area (Å²) in [6.45, 7) is 3.72. The van der Waals surface area contributed by atoms with Crippen molar-refractivity contribution in [2.24, 2.45) is 11.7 Å². The molecule has 1 unspecified atom stereocenters. The van der Waals surface area contributed by atoms with Gasteiger partial charge in [0.05, 0.1) is 22.7 Å². The van der Waals surface area contributed by atoms with Gasteiger partial charge in [-0.1, -0.05) is 25.1 Å². The maximum Gasteiger partial charge on any atom is 0.220 e. The fourth-order valence-electron chi connectivity index (χ4n) is 2.70. The molecule has 0 radical (unpaired) electrons. The van der Waals surface area contributed by atoms with Gasteiger partial charge in [0.15, 0.2) is 0 Å². The van der Waals surface area contributed by atoms with Crippen molar-refractivity contribution in [3.05, 3.63) is 53.3 Å². The van der Waals surface area contributed by atoms with Crippen LogP contribution < -0.4 is 5.73 Å². The fraction of sp³-hybridized carbons (Fsp3) is 0.211. The molecular formula is C19H18N4O. The molecule has 0 saturated carbocycles. The first kappa shape index (κ1) is 15.8. The third kappa shape index (κ3) is 2.99. The number of fused-ring (bicyclic) bond motifs is 1. The Balaban J connectivity index is 1.95. The number of amides is 1. The second kappa shape index (κ2) is 6.17. The second-order valence-electron chi connectivity index (χ2n) is 6.06. The number of aromatic nitrogens is 2. The molecule has 0 spiro atoms. The van der Waals surface area contributed by atoms with Crippen molar-refractivity contribution < 1.29 is 4.79 Å². The van der Waals surface area contributed by atoms with Crippen molar-refractivity contribution in [2.45, 2.75) is 20.3 Å². The van der Waals surface area contributed by atoms with Gasteiger partial charge in [-0.3, -0.25) is 4.79 Å². The smallest absolute Gasteiger partial charge is 0.220 e. The van der Waals surface area contributed by atoms with E-state index in [2.05, 4.69) is 16.0 Å². The van der Waals surface area contributed by atoms with E-state index in [1.807, 2.05) is 43.3 Å². The van der Waals surface area contributed by atoms with Gasteiger partial charge < -0.3 is 10.7 Å². The normalized spacial score (nSPS) is 12.0.